The van der Waals surface area contributed by atoms with Crippen LogP contribution in [0.25, 0.3) is 10.9 Å². The highest BCUT2D eigenvalue weighted by Gasteiger charge is 2.16. The summed E-state index contributed by atoms with van der Waals surface area (Å²) in [6.07, 6.45) is 4.67. The summed E-state index contributed by atoms with van der Waals surface area (Å²) in [6.45, 7) is 10.6. The number of aromatic nitrogens is 2. The van der Waals surface area contributed by atoms with E-state index in [9.17, 15) is 4.79 Å². The Bertz CT molecular complexity index is 1000. The molecule has 2 amide bonds. The number of H-pyrrole nitrogens is 1. The lowest BCUT2D eigenvalue weighted by Gasteiger charge is -2.34. The van der Waals surface area contributed by atoms with Gasteiger partial charge in [0.05, 0.1) is 0 Å². The average Bonchev–Trinajstić information content (AvgIpc) is 3.20. The Morgan fingerprint density at radius 3 is 2.71 bits per heavy atom. The van der Waals surface area contributed by atoms with Gasteiger partial charge in [0.15, 0.2) is 0 Å². The molecule has 0 saturated carbocycles. The summed E-state index contributed by atoms with van der Waals surface area (Å²) >= 11 is 0. The van der Waals surface area contributed by atoms with Crippen LogP contribution in [0.2, 0.25) is 0 Å². The van der Waals surface area contributed by atoms with Crippen LogP contribution in [0.4, 0.5) is 10.6 Å². The van der Waals surface area contributed by atoms with Crippen molar-refractivity contribution in [2.75, 3.05) is 44.2 Å². The number of likely N-dealkylation sites (N-methyl/N-ethyl adjacent to an activating group) is 1. The van der Waals surface area contributed by atoms with Gasteiger partial charge in [-0.2, -0.15) is 0 Å². The van der Waals surface area contributed by atoms with Crippen molar-refractivity contribution in [3.05, 3.63) is 59.4 Å². The van der Waals surface area contributed by atoms with Gasteiger partial charge in [0, 0.05) is 62.6 Å². The number of rotatable bonds is 7. The maximum Gasteiger partial charge on any atom is 0.315 e. The van der Waals surface area contributed by atoms with Crippen molar-refractivity contribution < 1.29 is 4.79 Å². The third kappa shape index (κ3) is 5.35. The number of aryl methyl sites for hydroxylation is 1. The van der Waals surface area contributed by atoms with Gasteiger partial charge >= 0.3 is 6.03 Å². The van der Waals surface area contributed by atoms with Gasteiger partial charge in [0.2, 0.25) is 0 Å². The highest BCUT2D eigenvalue weighted by molar-refractivity contribution is 5.83. The highest BCUT2D eigenvalue weighted by atomic mass is 16.2. The first-order valence-electron chi connectivity index (χ1n) is 11.1. The van der Waals surface area contributed by atoms with Crippen molar-refractivity contribution >= 4 is 22.8 Å². The van der Waals surface area contributed by atoms with Crippen LogP contribution in [0.1, 0.15) is 23.6 Å². The second-order valence-corrected chi connectivity index (χ2v) is 8.17. The molecule has 7 nitrogen and oxygen atoms in total. The van der Waals surface area contributed by atoms with E-state index in [1.165, 1.54) is 16.5 Å². The van der Waals surface area contributed by atoms with E-state index in [2.05, 4.69) is 68.5 Å². The zero-order chi connectivity index (χ0) is 21.6. The second-order valence-electron chi connectivity index (χ2n) is 8.17. The molecule has 0 bridgehead atoms. The summed E-state index contributed by atoms with van der Waals surface area (Å²) in [6, 6.07) is 10.3. The number of benzene rings is 1. The van der Waals surface area contributed by atoms with Gasteiger partial charge in [-0.25, -0.2) is 9.78 Å². The molecule has 0 spiro atoms. The number of piperazine rings is 1. The van der Waals surface area contributed by atoms with Crippen LogP contribution in [0, 0.1) is 6.92 Å². The zero-order valence-electron chi connectivity index (χ0n) is 18.4. The number of nitrogens with one attached hydrogen (secondary N) is 3. The summed E-state index contributed by atoms with van der Waals surface area (Å²) in [5, 5.41) is 7.08. The van der Waals surface area contributed by atoms with E-state index in [4.69, 9.17) is 0 Å². The van der Waals surface area contributed by atoms with E-state index < -0.39 is 0 Å². The molecule has 0 aliphatic carbocycles. The molecule has 0 atom stereocenters. The lowest BCUT2D eigenvalue weighted by molar-refractivity contribution is 0.240. The van der Waals surface area contributed by atoms with Crippen LogP contribution in [0.15, 0.2) is 42.7 Å². The normalized spacial score (nSPS) is 14.7. The minimum atomic E-state index is -0.157. The molecule has 1 aliphatic rings. The Balaban J connectivity index is 1.20. The number of carbonyl (C=O) groups is 1. The summed E-state index contributed by atoms with van der Waals surface area (Å²) < 4.78 is 0. The third-order valence-corrected chi connectivity index (χ3v) is 6.01. The standard InChI is InChI=1S/C24H32N6O/c1-3-29-10-12-30(13-11-29)23-7-5-19(15-27-23)16-28-24(31)25-9-8-20-17-26-22-14-18(2)4-6-21(20)22/h4-7,14-15,17,26H,3,8-13,16H2,1-2H3,(H2,25,28,31). The number of hydrogen-bond donors (Lipinski definition) is 3. The van der Waals surface area contributed by atoms with Crippen LogP contribution in [0.3, 0.4) is 0 Å². The Kier molecular flexibility index (Phi) is 6.72. The molecule has 0 radical (unpaired) electrons. The maximum absolute atomic E-state index is 12.2. The van der Waals surface area contributed by atoms with Crippen LogP contribution in [-0.4, -0.2) is 60.2 Å². The molecule has 0 unspecified atom stereocenters. The topological polar surface area (TPSA) is 76.3 Å². The molecule has 2 aromatic heterocycles. The van der Waals surface area contributed by atoms with Crippen molar-refractivity contribution in [2.45, 2.75) is 26.8 Å². The fourth-order valence-corrected chi connectivity index (χ4v) is 4.06. The molecule has 7 heteroatoms. The number of urea groups is 1. The van der Waals surface area contributed by atoms with Gasteiger partial charge in [-0.1, -0.05) is 25.1 Å². The number of pyridine rings is 1. The number of aromatic amines is 1. The highest BCUT2D eigenvalue weighted by Crippen LogP contribution is 2.19. The Morgan fingerprint density at radius 1 is 1.13 bits per heavy atom. The molecule has 1 saturated heterocycles. The minimum Gasteiger partial charge on any atom is -0.361 e. The molecule has 1 fully saturated rings. The lowest BCUT2D eigenvalue weighted by Crippen LogP contribution is -2.46. The lowest BCUT2D eigenvalue weighted by atomic mass is 10.1. The first-order chi connectivity index (χ1) is 15.1. The number of fused-ring (bicyclic) bond motifs is 1. The van der Waals surface area contributed by atoms with Crippen molar-refractivity contribution in [3.63, 3.8) is 0 Å². The predicted molar refractivity (Wildman–Crippen MR) is 126 cm³/mol. The van der Waals surface area contributed by atoms with Crippen molar-refractivity contribution in [3.8, 4) is 0 Å². The van der Waals surface area contributed by atoms with Gasteiger partial charge in [-0.3, -0.25) is 0 Å². The van der Waals surface area contributed by atoms with Gasteiger partial charge < -0.3 is 25.4 Å². The van der Waals surface area contributed by atoms with Crippen LogP contribution >= 0.6 is 0 Å². The summed E-state index contributed by atoms with van der Waals surface area (Å²) in [7, 11) is 0. The van der Waals surface area contributed by atoms with E-state index in [1.54, 1.807) is 0 Å². The molecular weight excluding hydrogens is 388 g/mol. The van der Waals surface area contributed by atoms with Gasteiger partial charge in [0.1, 0.15) is 5.82 Å². The third-order valence-electron chi connectivity index (χ3n) is 6.01. The Labute approximate surface area is 183 Å². The van der Waals surface area contributed by atoms with Gasteiger partial charge in [-0.15, -0.1) is 0 Å². The SMILES string of the molecule is CCN1CCN(c2ccc(CNC(=O)NCCc3c[nH]c4cc(C)ccc34)cn2)CC1. The number of anilines is 1. The van der Waals surface area contributed by atoms with E-state index in [1.807, 2.05) is 18.5 Å². The fourth-order valence-electron chi connectivity index (χ4n) is 4.06. The number of hydrogen-bond acceptors (Lipinski definition) is 4. The molecule has 1 aromatic carbocycles. The number of amides is 2. The van der Waals surface area contributed by atoms with Gasteiger partial charge in [0.25, 0.3) is 0 Å². The largest absolute Gasteiger partial charge is 0.361 e. The zero-order valence-corrected chi connectivity index (χ0v) is 18.4. The summed E-state index contributed by atoms with van der Waals surface area (Å²) in [5.41, 5.74) is 4.59. The maximum atomic E-state index is 12.2. The Hall–Kier alpha value is -3.06. The number of carbonyl (C=O) groups excluding carboxylic acids is 1. The minimum absolute atomic E-state index is 0.157. The first-order valence-corrected chi connectivity index (χ1v) is 11.1. The van der Waals surface area contributed by atoms with Crippen LogP contribution in [-0.2, 0) is 13.0 Å². The molecular formula is C24H32N6O. The molecule has 3 heterocycles. The predicted octanol–water partition coefficient (Wildman–Crippen LogP) is 3.06. The summed E-state index contributed by atoms with van der Waals surface area (Å²) in [4.78, 5) is 24.8. The van der Waals surface area contributed by atoms with E-state index in [0.717, 1.165) is 56.0 Å². The molecule has 4 rings (SSSR count). The molecule has 1 aliphatic heterocycles. The second kappa shape index (κ2) is 9.83. The summed E-state index contributed by atoms with van der Waals surface area (Å²) in [5.74, 6) is 1.01. The van der Waals surface area contributed by atoms with E-state index >= 15 is 0 Å². The number of nitrogens with zero attached hydrogens (tertiary/aromatic N) is 3. The van der Waals surface area contributed by atoms with Crippen LogP contribution in [0.5, 0.6) is 0 Å². The first kappa shape index (κ1) is 21.2. The van der Waals surface area contributed by atoms with Crippen molar-refractivity contribution in [1.29, 1.82) is 0 Å². The molecule has 164 valence electrons. The van der Waals surface area contributed by atoms with E-state index in [-0.39, 0.29) is 6.03 Å². The molecule has 3 N–H and O–H groups in total. The Morgan fingerprint density at radius 2 is 1.97 bits per heavy atom. The molecule has 3 aromatic rings. The van der Waals surface area contributed by atoms with E-state index in [0.29, 0.717) is 13.1 Å². The van der Waals surface area contributed by atoms with Crippen LogP contribution < -0.4 is 15.5 Å². The molecule has 31 heavy (non-hydrogen) atoms. The van der Waals surface area contributed by atoms with Crippen molar-refractivity contribution in [2.24, 2.45) is 0 Å². The van der Waals surface area contributed by atoms with Crippen molar-refractivity contribution in [1.82, 2.24) is 25.5 Å². The van der Waals surface area contributed by atoms with Gasteiger partial charge in [-0.05, 0) is 48.7 Å². The fraction of sp³-hybridized carbons (Fsp3) is 0.417. The quantitative estimate of drug-likeness (QED) is 0.549. The smallest absolute Gasteiger partial charge is 0.315 e. The average molecular weight is 421 g/mol. The monoisotopic (exact) mass is 420 g/mol.